The molecule has 43 heavy (non-hydrogen) atoms. The van der Waals surface area contributed by atoms with Gasteiger partial charge in [0.2, 0.25) is 5.91 Å². The third-order valence-electron chi connectivity index (χ3n) is 9.02. The highest BCUT2D eigenvalue weighted by Gasteiger charge is 2.48. The van der Waals surface area contributed by atoms with Gasteiger partial charge in [0.1, 0.15) is 11.2 Å². The molecule has 1 aliphatic carbocycles. The van der Waals surface area contributed by atoms with Crippen LogP contribution in [0.3, 0.4) is 0 Å². The van der Waals surface area contributed by atoms with Crippen molar-refractivity contribution < 1.29 is 9.18 Å². The zero-order valence-corrected chi connectivity index (χ0v) is 25.0. The fourth-order valence-electron chi connectivity index (χ4n) is 6.77. The van der Waals surface area contributed by atoms with Gasteiger partial charge in [-0.05, 0) is 71.5 Å². The van der Waals surface area contributed by atoms with Crippen LogP contribution in [-0.2, 0) is 16.8 Å². The second kappa shape index (κ2) is 11.9. The summed E-state index contributed by atoms with van der Waals surface area (Å²) in [5.41, 5.74) is 5.65. The number of halogens is 1. The first-order valence-corrected chi connectivity index (χ1v) is 16.0. The number of piperazine rings is 1. The van der Waals surface area contributed by atoms with E-state index in [1.807, 2.05) is 18.2 Å². The van der Waals surface area contributed by atoms with Crippen LogP contribution < -0.4 is 10.2 Å². The zero-order valence-electron chi connectivity index (χ0n) is 24.1. The molecule has 218 valence electrons. The Balaban J connectivity index is 1.03. The van der Waals surface area contributed by atoms with Crippen molar-refractivity contribution in [3.63, 3.8) is 0 Å². The molecule has 1 amide bonds. The molecule has 1 fully saturated rings. The average Bonchev–Trinajstić information content (AvgIpc) is 3.61. The minimum Gasteiger partial charge on any atom is -0.351 e. The van der Waals surface area contributed by atoms with Gasteiger partial charge in [-0.15, -0.1) is 0 Å². The van der Waals surface area contributed by atoms with Crippen molar-refractivity contribution in [1.29, 1.82) is 0 Å². The molecule has 1 N–H and O–H groups in total. The number of unbranched alkanes of at least 4 members (excludes halogenated alkanes) is 1. The molecule has 0 radical (unpaired) electrons. The summed E-state index contributed by atoms with van der Waals surface area (Å²) in [5.74, 6) is -0.262. The molecule has 1 saturated heterocycles. The van der Waals surface area contributed by atoms with Crippen molar-refractivity contribution >= 4 is 32.6 Å². The highest BCUT2D eigenvalue weighted by molar-refractivity contribution is 7.22. The number of carbonyl (C=O) groups excluding carboxylic acids is 1. The Morgan fingerprint density at radius 3 is 2.16 bits per heavy atom. The summed E-state index contributed by atoms with van der Waals surface area (Å²) in [4.78, 5) is 24.1. The Labute approximate surface area is 256 Å². The van der Waals surface area contributed by atoms with E-state index in [0.717, 1.165) is 90.5 Å². The van der Waals surface area contributed by atoms with Crippen LogP contribution in [0.15, 0.2) is 97.1 Å². The van der Waals surface area contributed by atoms with Crippen LogP contribution in [0.4, 0.5) is 9.52 Å². The molecular formula is C36H35FN4OS. The summed E-state index contributed by atoms with van der Waals surface area (Å²) < 4.78 is 14.7. The molecule has 1 aliphatic heterocycles. The molecule has 0 spiro atoms. The van der Waals surface area contributed by atoms with Gasteiger partial charge in [-0.1, -0.05) is 90.6 Å². The molecular weight excluding hydrogens is 555 g/mol. The maximum absolute atomic E-state index is 14.3. The summed E-state index contributed by atoms with van der Waals surface area (Å²) >= 11 is 1.78. The average molecular weight is 591 g/mol. The van der Waals surface area contributed by atoms with Gasteiger partial charge in [0.15, 0.2) is 5.13 Å². The molecule has 0 saturated carbocycles. The summed E-state index contributed by atoms with van der Waals surface area (Å²) in [6.45, 7) is 5.39. The number of hydrogen-bond donors (Lipinski definition) is 1. The number of nitrogens with one attached hydrogen (secondary N) is 1. The SMILES string of the molecule is O=C(NCc1ccc(F)cc1)C1(CCCCN2CCN(c3nc4ccccc4s3)CC2)c2ccccc2-c2ccccc21. The number of para-hydroxylation sites is 1. The Morgan fingerprint density at radius 2 is 1.47 bits per heavy atom. The van der Waals surface area contributed by atoms with Gasteiger partial charge in [-0.2, -0.15) is 0 Å². The number of rotatable bonds is 9. The number of anilines is 1. The van der Waals surface area contributed by atoms with E-state index in [4.69, 9.17) is 4.98 Å². The fourth-order valence-corrected chi connectivity index (χ4v) is 7.79. The molecule has 4 aromatic carbocycles. The summed E-state index contributed by atoms with van der Waals surface area (Å²) in [6, 6.07) is 31.4. The van der Waals surface area contributed by atoms with Crippen molar-refractivity contribution in [3.05, 3.63) is 120 Å². The molecule has 0 bridgehead atoms. The first-order chi connectivity index (χ1) is 21.1. The maximum atomic E-state index is 14.3. The van der Waals surface area contributed by atoms with Crippen molar-refractivity contribution in [3.8, 4) is 11.1 Å². The maximum Gasteiger partial charge on any atom is 0.235 e. The Bertz CT molecular complexity index is 1660. The highest BCUT2D eigenvalue weighted by atomic mass is 32.1. The lowest BCUT2D eigenvalue weighted by atomic mass is 9.73. The lowest BCUT2D eigenvalue weighted by molar-refractivity contribution is -0.125. The Kier molecular flexibility index (Phi) is 7.68. The van der Waals surface area contributed by atoms with Gasteiger partial charge in [0.05, 0.1) is 10.2 Å². The number of fused-ring (bicyclic) bond motifs is 4. The van der Waals surface area contributed by atoms with E-state index in [9.17, 15) is 9.18 Å². The van der Waals surface area contributed by atoms with Gasteiger partial charge in [0.25, 0.3) is 0 Å². The third-order valence-corrected chi connectivity index (χ3v) is 10.1. The number of thiazole rings is 1. The van der Waals surface area contributed by atoms with Crippen molar-refractivity contribution in [1.82, 2.24) is 15.2 Å². The number of carbonyl (C=O) groups is 1. The molecule has 2 heterocycles. The topological polar surface area (TPSA) is 48.5 Å². The predicted molar refractivity (Wildman–Crippen MR) is 173 cm³/mol. The minimum atomic E-state index is -0.751. The van der Waals surface area contributed by atoms with Crippen molar-refractivity contribution in [2.75, 3.05) is 37.6 Å². The normalized spacial score (nSPS) is 15.8. The van der Waals surface area contributed by atoms with Gasteiger partial charge in [-0.25, -0.2) is 9.37 Å². The molecule has 5 aromatic rings. The zero-order chi connectivity index (χ0) is 29.2. The van der Waals surface area contributed by atoms with Crippen LogP contribution in [0.25, 0.3) is 21.3 Å². The smallest absolute Gasteiger partial charge is 0.235 e. The van der Waals surface area contributed by atoms with E-state index in [2.05, 4.69) is 69.7 Å². The molecule has 7 rings (SSSR count). The van der Waals surface area contributed by atoms with Gasteiger partial charge < -0.3 is 10.2 Å². The molecule has 1 aromatic heterocycles. The number of aromatic nitrogens is 1. The van der Waals surface area contributed by atoms with Gasteiger partial charge in [-0.3, -0.25) is 9.69 Å². The first kappa shape index (κ1) is 27.7. The van der Waals surface area contributed by atoms with E-state index < -0.39 is 5.41 Å². The number of amides is 1. The quantitative estimate of drug-likeness (QED) is 0.188. The molecule has 7 heteroatoms. The van der Waals surface area contributed by atoms with Gasteiger partial charge in [0, 0.05) is 32.7 Å². The number of nitrogens with zero attached hydrogens (tertiary/aromatic N) is 3. The van der Waals surface area contributed by atoms with Crippen LogP contribution in [0.5, 0.6) is 0 Å². The van der Waals surface area contributed by atoms with Crippen LogP contribution in [0.2, 0.25) is 0 Å². The Morgan fingerprint density at radius 1 is 0.814 bits per heavy atom. The van der Waals surface area contributed by atoms with Crippen LogP contribution >= 0.6 is 11.3 Å². The monoisotopic (exact) mass is 590 g/mol. The molecule has 2 aliphatic rings. The van der Waals surface area contributed by atoms with Crippen molar-refractivity contribution in [2.45, 2.75) is 31.2 Å². The van der Waals surface area contributed by atoms with E-state index in [0.29, 0.717) is 6.54 Å². The fraction of sp³-hybridized carbons (Fsp3) is 0.278. The number of hydrogen-bond acceptors (Lipinski definition) is 5. The standard InChI is InChI=1S/C36H35FN4OS/c37-27-17-15-26(16-18-27)25-38-34(42)36(30-11-3-1-9-28(30)29-10-2-4-12-31(29)36)19-7-8-20-40-21-23-41(24-22-40)35-39-32-13-5-6-14-33(32)43-35/h1-6,9-18H,7-8,19-25H2,(H,38,42). The van der Waals surface area contributed by atoms with Crippen LogP contribution in [0, 0.1) is 5.82 Å². The van der Waals surface area contributed by atoms with Crippen molar-refractivity contribution in [2.24, 2.45) is 0 Å². The highest BCUT2D eigenvalue weighted by Crippen LogP contribution is 2.51. The van der Waals surface area contributed by atoms with E-state index >= 15 is 0 Å². The van der Waals surface area contributed by atoms with Crippen LogP contribution in [0.1, 0.15) is 36.0 Å². The summed E-state index contributed by atoms with van der Waals surface area (Å²) in [6.07, 6.45) is 2.70. The minimum absolute atomic E-state index is 0.0127. The molecule has 0 unspecified atom stereocenters. The van der Waals surface area contributed by atoms with Gasteiger partial charge >= 0.3 is 0 Å². The van der Waals surface area contributed by atoms with Crippen LogP contribution in [-0.4, -0.2) is 48.5 Å². The second-order valence-corrected chi connectivity index (χ2v) is 12.6. The Hall–Kier alpha value is -4.07. The second-order valence-electron chi connectivity index (χ2n) is 11.6. The predicted octanol–water partition coefficient (Wildman–Crippen LogP) is 7.01. The summed E-state index contributed by atoms with van der Waals surface area (Å²) in [7, 11) is 0. The third kappa shape index (κ3) is 5.32. The lowest BCUT2D eigenvalue weighted by Gasteiger charge is -2.35. The van der Waals surface area contributed by atoms with E-state index in [1.165, 1.54) is 16.8 Å². The molecule has 5 nitrogen and oxygen atoms in total. The largest absolute Gasteiger partial charge is 0.351 e. The first-order valence-electron chi connectivity index (χ1n) is 15.2. The lowest BCUT2D eigenvalue weighted by Crippen LogP contribution is -2.47. The number of benzene rings is 4. The van der Waals surface area contributed by atoms with E-state index in [1.54, 1.807) is 23.5 Å². The van der Waals surface area contributed by atoms with E-state index in [-0.39, 0.29) is 11.7 Å². The molecule has 0 atom stereocenters. The summed E-state index contributed by atoms with van der Waals surface area (Å²) in [5, 5.41) is 4.34.